The summed E-state index contributed by atoms with van der Waals surface area (Å²) in [6.45, 7) is 10.6. The molecule has 0 aliphatic carbocycles. The summed E-state index contributed by atoms with van der Waals surface area (Å²) in [5.41, 5.74) is 1.54. The second-order valence-corrected chi connectivity index (χ2v) is 9.35. The van der Waals surface area contributed by atoms with Crippen LogP contribution in [-0.2, 0) is 29.1 Å². The first-order valence-corrected chi connectivity index (χ1v) is 12.7. The molecule has 3 aromatic rings. The van der Waals surface area contributed by atoms with E-state index in [0.717, 1.165) is 22.6 Å². The zero-order valence-corrected chi connectivity index (χ0v) is 21.1. The first-order valence-electron chi connectivity index (χ1n) is 10.9. The van der Waals surface area contributed by atoms with Crippen LogP contribution in [0.15, 0.2) is 48.1 Å². The van der Waals surface area contributed by atoms with E-state index in [0.29, 0.717) is 28.1 Å². The highest BCUT2D eigenvalue weighted by atomic mass is 32.2. The number of hydrogen-bond donors (Lipinski definition) is 1. The average Bonchev–Trinajstić information content (AvgIpc) is 3.41. The highest BCUT2D eigenvalue weighted by Crippen LogP contribution is 2.30. The number of nitrogens with one attached hydrogen (secondary N) is 1. The first kappa shape index (κ1) is 25.5. The van der Waals surface area contributed by atoms with Crippen molar-refractivity contribution in [3.8, 4) is 5.75 Å². The van der Waals surface area contributed by atoms with Crippen molar-refractivity contribution >= 4 is 40.0 Å². The number of esters is 1. The van der Waals surface area contributed by atoms with Gasteiger partial charge in [-0.25, -0.2) is 4.79 Å². The van der Waals surface area contributed by atoms with Gasteiger partial charge in [-0.05, 0) is 38.5 Å². The lowest BCUT2D eigenvalue weighted by Gasteiger charge is -2.09. The van der Waals surface area contributed by atoms with Gasteiger partial charge in [0.1, 0.15) is 17.4 Å². The molecule has 0 aliphatic rings. The Kier molecular flexibility index (Phi) is 9.29. The fourth-order valence-electron chi connectivity index (χ4n) is 2.99. The van der Waals surface area contributed by atoms with Crippen LogP contribution >= 0.6 is 23.1 Å². The molecule has 0 radical (unpaired) electrons. The second-order valence-electron chi connectivity index (χ2n) is 7.27. The largest absolute Gasteiger partial charge is 0.486 e. The quantitative estimate of drug-likeness (QED) is 0.215. The number of anilines is 1. The lowest BCUT2D eigenvalue weighted by atomic mass is 10.2. The fraction of sp³-hybridized carbons (Fsp3) is 0.333. The van der Waals surface area contributed by atoms with E-state index in [9.17, 15) is 9.59 Å². The number of aromatic nitrogens is 3. The molecule has 180 valence electrons. The number of thiophene rings is 1. The Morgan fingerprint density at radius 2 is 2.00 bits per heavy atom. The number of carbonyl (C=O) groups excluding carboxylic acids is 2. The third-order valence-corrected chi connectivity index (χ3v) is 6.87. The summed E-state index contributed by atoms with van der Waals surface area (Å²) in [6, 6.07) is 9.54. The predicted molar refractivity (Wildman–Crippen MR) is 135 cm³/mol. The van der Waals surface area contributed by atoms with Gasteiger partial charge in [0.2, 0.25) is 5.91 Å². The molecule has 8 nitrogen and oxygen atoms in total. The van der Waals surface area contributed by atoms with Crippen LogP contribution in [0, 0.1) is 6.92 Å². The summed E-state index contributed by atoms with van der Waals surface area (Å²) in [4.78, 5) is 25.9. The van der Waals surface area contributed by atoms with Crippen molar-refractivity contribution in [1.29, 1.82) is 0 Å². The number of allylic oxidation sites excluding steroid dienone is 1. The summed E-state index contributed by atoms with van der Waals surface area (Å²) < 4.78 is 12.8. The molecule has 1 amide bonds. The van der Waals surface area contributed by atoms with E-state index in [2.05, 4.69) is 22.1 Å². The number of benzene rings is 1. The standard InChI is InChI=1S/C24H28N4O4S2/c1-5-12-28-20(14-32-17-10-8-16(4)9-11-17)26-27-24(28)33-15-21(29)25-22-19(23(30)31-7-3)13-18(6-2)34-22/h5,8-11,13H,1,6-7,12,14-15H2,2-4H3,(H,25,29). The summed E-state index contributed by atoms with van der Waals surface area (Å²) in [5, 5.41) is 12.4. The third kappa shape index (κ3) is 6.71. The number of hydrogen-bond acceptors (Lipinski definition) is 8. The number of nitrogens with zero attached hydrogens (tertiary/aromatic N) is 3. The number of aryl methyl sites for hydroxylation is 2. The van der Waals surface area contributed by atoms with E-state index in [-0.39, 0.29) is 24.9 Å². The molecule has 1 aromatic carbocycles. The maximum atomic E-state index is 12.7. The van der Waals surface area contributed by atoms with Gasteiger partial charge in [0, 0.05) is 11.4 Å². The van der Waals surface area contributed by atoms with Gasteiger partial charge in [0.15, 0.2) is 11.0 Å². The maximum Gasteiger partial charge on any atom is 0.341 e. The highest BCUT2D eigenvalue weighted by molar-refractivity contribution is 7.99. The smallest absolute Gasteiger partial charge is 0.341 e. The number of rotatable bonds is 12. The lowest BCUT2D eigenvalue weighted by Crippen LogP contribution is -2.16. The van der Waals surface area contributed by atoms with Crippen LogP contribution in [-0.4, -0.2) is 39.0 Å². The molecule has 10 heteroatoms. The summed E-state index contributed by atoms with van der Waals surface area (Å²) >= 11 is 2.64. The lowest BCUT2D eigenvalue weighted by molar-refractivity contribution is -0.113. The van der Waals surface area contributed by atoms with Crippen molar-refractivity contribution in [3.63, 3.8) is 0 Å². The molecule has 3 rings (SSSR count). The molecular formula is C24H28N4O4S2. The number of carbonyl (C=O) groups is 2. The molecule has 0 spiro atoms. The van der Waals surface area contributed by atoms with Gasteiger partial charge in [0.05, 0.1) is 17.9 Å². The van der Waals surface area contributed by atoms with Crippen molar-refractivity contribution in [1.82, 2.24) is 14.8 Å². The Bertz CT molecular complexity index is 1140. The summed E-state index contributed by atoms with van der Waals surface area (Å²) in [5.74, 6) is 0.803. The van der Waals surface area contributed by atoms with Crippen molar-refractivity contribution in [2.75, 3.05) is 17.7 Å². The Morgan fingerprint density at radius 3 is 2.68 bits per heavy atom. The van der Waals surface area contributed by atoms with Crippen LogP contribution in [0.1, 0.15) is 40.5 Å². The van der Waals surface area contributed by atoms with Crippen LogP contribution in [0.4, 0.5) is 5.00 Å². The maximum absolute atomic E-state index is 12.7. The van der Waals surface area contributed by atoms with Gasteiger partial charge in [-0.15, -0.1) is 28.1 Å². The minimum Gasteiger partial charge on any atom is -0.486 e. The normalized spacial score (nSPS) is 10.7. The average molecular weight is 501 g/mol. The van der Waals surface area contributed by atoms with Gasteiger partial charge in [-0.3, -0.25) is 9.36 Å². The molecule has 34 heavy (non-hydrogen) atoms. The molecule has 2 aromatic heterocycles. The number of ether oxygens (including phenoxy) is 2. The van der Waals surface area contributed by atoms with E-state index in [4.69, 9.17) is 9.47 Å². The van der Waals surface area contributed by atoms with E-state index in [1.807, 2.05) is 42.7 Å². The fourth-order valence-corrected chi connectivity index (χ4v) is 4.76. The molecule has 0 saturated carbocycles. The Morgan fingerprint density at radius 1 is 1.24 bits per heavy atom. The van der Waals surface area contributed by atoms with Gasteiger partial charge in [-0.1, -0.05) is 42.5 Å². The monoisotopic (exact) mass is 500 g/mol. The van der Waals surface area contributed by atoms with Gasteiger partial charge in [-0.2, -0.15) is 0 Å². The second kappa shape index (κ2) is 12.4. The van der Waals surface area contributed by atoms with Crippen LogP contribution in [0.5, 0.6) is 5.75 Å². The molecule has 0 unspecified atom stereocenters. The molecule has 1 N–H and O–H groups in total. The number of amides is 1. The van der Waals surface area contributed by atoms with Gasteiger partial charge in [0.25, 0.3) is 0 Å². The van der Waals surface area contributed by atoms with Gasteiger partial charge < -0.3 is 14.8 Å². The molecule has 0 aliphatic heterocycles. The van der Waals surface area contributed by atoms with Crippen LogP contribution in [0.2, 0.25) is 0 Å². The number of thioether (sulfide) groups is 1. The molecule has 0 fully saturated rings. The minimum atomic E-state index is -0.439. The molecule has 0 saturated heterocycles. The SMILES string of the molecule is C=CCn1c(COc2ccc(C)cc2)nnc1SCC(=O)Nc1sc(CC)cc1C(=O)OCC. The van der Waals surface area contributed by atoms with Crippen molar-refractivity contribution in [2.24, 2.45) is 0 Å². The Labute approximate surface area is 207 Å². The van der Waals surface area contributed by atoms with Crippen LogP contribution in [0.25, 0.3) is 0 Å². The summed E-state index contributed by atoms with van der Waals surface area (Å²) in [7, 11) is 0. The minimum absolute atomic E-state index is 0.107. The van der Waals surface area contributed by atoms with Crippen molar-refractivity contribution in [3.05, 3.63) is 64.8 Å². The molecule has 0 atom stereocenters. The Hall–Kier alpha value is -3.11. The van der Waals surface area contributed by atoms with Crippen molar-refractivity contribution < 1.29 is 19.1 Å². The van der Waals surface area contributed by atoms with Crippen molar-refractivity contribution in [2.45, 2.75) is 45.5 Å². The predicted octanol–water partition coefficient (Wildman–Crippen LogP) is 4.88. The van der Waals surface area contributed by atoms with E-state index >= 15 is 0 Å². The van der Waals surface area contributed by atoms with E-state index in [1.165, 1.54) is 23.1 Å². The summed E-state index contributed by atoms with van der Waals surface area (Å²) in [6.07, 6.45) is 2.51. The highest BCUT2D eigenvalue weighted by Gasteiger charge is 2.20. The van der Waals surface area contributed by atoms with Crippen LogP contribution < -0.4 is 10.1 Å². The van der Waals surface area contributed by atoms with E-state index in [1.54, 1.807) is 19.1 Å². The van der Waals surface area contributed by atoms with Crippen LogP contribution in [0.3, 0.4) is 0 Å². The third-order valence-electron chi connectivity index (χ3n) is 4.71. The zero-order chi connectivity index (χ0) is 24.5. The zero-order valence-electron chi connectivity index (χ0n) is 19.5. The van der Waals surface area contributed by atoms with Gasteiger partial charge >= 0.3 is 5.97 Å². The Balaban J connectivity index is 1.64. The molecule has 0 bridgehead atoms. The first-order chi connectivity index (χ1) is 16.4. The topological polar surface area (TPSA) is 95.3 Å². The molecular weight excluding hydrogens is 472 g/mol. The van der Waals surface area contributed by atoms with E-state index < -0.39 is 5.97 Å². The molecule has 2 heterocycles.